The van der Waals surface area contributed by atoms with E-state index in [1.165, 1.54) is 5.56 Å². The lowest BCUT2D eigenvalue weighted by Gasteiger charge is -2.13. The number of anilines is 3. The van der Waals surface area contributed by atoms with Gasteiger partial charge in [-0.25, -0.2) is 0 Å². The number of nitrogen functional groups attached to an aromatic ring is 1. The molecule has 0 saturated carbocycles. The molecule has 0 spiro atoms. The van der Waals surface area contributed by atoms with Crippen LogP contribution in [0.2, 0.25) is 5.02 Å². The molecule has 0 atom stereocenters. The molecule has 0 fully saturated rings. The lowest BCUT2D eigenvalue weighted by atomic mass is 10.1. The predicted octanol–water partition coefficient (Wildman–Crippen LogP) is 4.99. The van der Waals surface area contributed by atoms with Crippen LogP contribution in [-0.4, -0.2) is 0 Å². The maximum Gasteiger partial charge on any atom is 0.0619 e. The van der Waals surface area contributed by atoms with Crippen molar-refractivity contribution in [2.24, 2.45) is 0 Å². The van der Waals surface area contributed by atoms with E-state index < -0.39 is 0 Å². The van der Waals surface area contributed by atoms with E-state index in [1.807, 2.05) is 24.3 Å². The SMILES string of the molecule is CCc1cc(Br)ccc1Nc1ccc(Cl)cc1N. The fraction of sp³-hybridized carbons (Fsp3) is 0.143. The van der Waals surface area contributed by atoms with Crippen molar-refractivity contribution in [1.82, 2.24) is 0 Å². The predicted molar refractivity (Wildman–Crippen MR) is 82.7 cm³/mol. The Labute approximate surface area is 120 Å². The second-order valence-corrected chi connectivity index (χ2v) is 5.36. The fourth-order valence-corrected chi connectivity index (χ4v) is 2.36. The van der Waals surface area contributed by atoms with Gasteiger partial charge in [0.1, 0.15) is 0 Å². The summed E-state index contributed by atoms with van der Waals surface area (Å²) >= 11 is 9.36. The van der Waals surface area contributed by atoms with Crippen LogP contribution in [0.1, 0.15) is 12.5 Å². The number of rotatable bonds is 3. The van der Waals surface area contributed by atoms with E-state index >= 15 is 0 Å². The van der Waals surface area contributed by atoms with Gasteiger partial charge in [0.25, 0.3) is 0 Å². The number of aryl methyl sites for hydroxylation is 1. The van der Waals surface area contributed by atoms with Gasteiger partial charge in [-0.15, -0.1) is 0 Å². The van der Waals surface area contributed by atoms with Crippen LogP contribution in [0.5, 0.6) is 0 Å². The molecule has 0 aliphatic rings. The molecular formula is C14H14BrClN2. The second-order valence-electron chi connectivity index (χ2n) is 4.01. The van der Waals surface area contributed by atoms with Crippen LogP contribution in [-0.2, 0) is 6.42 Å². The van der Waals surface area contributed by atoms with Gasteiger partial charge in [0, 0.05) is 15.2 Å². The molecule has 18 heavy (non-hydrogen) atoms. The quantitative estimate of drug-likeness (QED) is 0.780. The van der Waals surface area contributed by atoms with Crippen LogP contribution in [0.3, 0.4) is 0 Å². The lowest BCUT2D eigenvalue weighted by molar-refractivity contribution is 1.14. The Kier molecular flexibility index (Phi) is 4.15. The highest BCUT2D eigenvalue weighted by Gasteiger charge is 2.05. The molecule has 0 heterocycles. The Balaban J connectivity index is 2.33. The maximum absolute atomic E-state index is 5.93. The standard InChI is InChI=1S/C14H14BrClN2/c1-2-9-7-10(15)3-5-13(9)18-14-6-4-11(16)8-12(14)17/h3-8,18H,2,17H2,1H3. The van der Waals surface area contributed by atoms with E-state index in [0.29, 0.717) is 10.7 Å². The molecule has 94 valence electrons. The summed E-state index contributed by atoms with van der Waals surface area (Å²) in [4.78, 5) is 0. The third kappa shape index (κ3) is 2.98. The second kappa shape index (κ2) is 5.63. The number of halogens is 2. The topological polar surface area (TPSA) is 38.0 Å². The maximum atomic E-state index is 5.93. The molecule has 0 unspecified atom stereocenters. The van der Waals surface area contributed by atoms with Crippen molar-refractivity contribution in [2.45, 2.75) is 13.3 Å². The summed E-state index contributed by atoms with van der Waals surface area (Å²) in [5, 5.41) is 3.98. The van der Waals surface area contributed by atoms with Crippen LogP contribution in [0, 0.1) is 0 Å². The number of nitrogens with one attached hydrogen (secondary N) is 1. The Bertz CT molecular complexity index is 570. The molecule has 4 heteroatoms. The van der Waals surface area contributed by atoms with Gasteiger partial charge in [-0.2, -0.15) is 0 Å². The number of hydrogen-bond donors (Lipinski definition) is 2. The summed E-state index contributed by atoms with van der Waals surface area (Å²) in [6, 6.07) is 11.6. The third-order valence-corrected chi connectivity index (χ3v) is 3.46. The Morgan fingerprint density at radius 1 is 1.17 bits per heavy atom. The molecule has 3 N–H and O–H groups in total. The minimum absolute atomic E-state index is 0.643. The van der Waals surface area contributed by atoms with E-state index in [-0.39, 0.29) is 0 Å². The fourth-order valence-electron chi connectivity index (χ4n) is 1.77. The van der Waals surface area contributed by atoms with Gasteiger partial charge in [-0.3, -0.25) is 0 Å². The molecule has 0 amide bonds. The van der Waals surface area contributed by atoms with Gasteiger partial charge in [0.05, 0.1) is 11.4 Å². The van der Waals surface area contributed by atoms with Crippen molar-refractivity contribution in [1.29, 1.82) is 0 Å². The Hall–Kier alpha value is -1.19. The highest BCUT2D eigenvalue weighted by atomic mass is 79.9. The van der Waals surface area contributed by atoms with E-state index in [1.54, 1.807) is 6.07 Å². The van der Waals surface area contributed by atoms with Crippen LogP contribution < -0.4 is 11.1 Å². The summed E-state index contributed by atoms with van der Waals surface area (Å²) in [6.07, 6.45) is 0.954. The molecule has 0 aliphatic heterocycles. The zero-order chi connectivity index (χ0) is 13.1. The van der Waals surface area contributed by atoms with E-state index in [4.69, 9.17) is 17.3 Å². The first kappa shape index (κ1) is 13.2. The van der Waals surface area contributed by atoms with E-state index in [2.05, 4.69) is 34.2 Å². The smallest absolute Gasteiger partial charge is 0.0619 e. The number of hydrogen-bond acceptors (Lipinski definition) is 2. The number of nitrogens with two attached hydrogens (primary N) is 1. The molecule has 0 aromatic heterocycles. The van der Waals surface area contributed by atoms with Gasteiger partial charge in [0.2, 0.25) is 0 Å². The van der Waals surface area contributed by atoms with Crippen molar-refractivity contribution < 1.29 is 0 Å². The Morgan fingerprint density at radius 3 is 2.56 bits per heavy atom. The van der Waals surface area contributed by atoms with Gasteiger partial charge >= 0.3 is 0 Å². The molecular weight excluding hydrogens is 312 g/mol. The molecule has 0 saturated heterocycles. The highest BCUT2D eigenvalue weighted by Crippen LogP contribution is 2.29. The van der Waals surface area contributed by atoms with E-state index in [9.17, 15) is 0 Å². The van der Waals surface area contributed by atoms with Crippen molar-refractivity contribution in [3.8, 4) is 0 Å². The average molecular weight is 326 g/mol. The largest absolute Gasteiger partial charge is 0.397 e. The summed E-state index contributed by atoms with van der Waals surface area (Å²) in [5.74, 6) is 0. The van der Waals surface area contributed by atoms with Gasteiger partial charge in [-0.05, 0) is 48.4 Å². The summed E-state index contributed by atoms with van der Waals surface area (Å²) < 4.78 is 1.08. The molecule has 0 aliphatic carbocycles. The van der Waals surface area contributed by atoms with Gasteiger partial charge in [0.15, 0.2) is 0 Å². The van der Waals surface area contributed by atoms with Crippen molar-refractivity contribution >= 4 is 44.6 Å². The minimum Gasteiger partial charge on any atom is -0.397 e. The summed E-state index contributed by atoms with van der Waals surface area (Å²) in [7, 11) is 0. The zero-order valence-electron chi connectivity index (χ0n) is 10.0. The van der Waals surface area contributed by atoms with Crippen molar-refractivity contribution in [2.75, 3.05) is 11.1 Å². The highest BCUT2D eigenvalue weighted by molar-refractivity contribution is 9.10. The minimum atomic E-state index is 0.643. The van der Waals surface area contributed by atoms with Crippen LogP contribution >= 0.6 is 27.5 Å². The van der Waals surface area contributed by atoms with Crippen molar-refractivity contribution in [3.05, 3.63) is 51.5 Å². The number of benzene rings is 2. The normalized spacial score (nSPS) is 10.4. The molecule has 2 nitrogen and oxygen atoms in total. The third-order valence-electron chi connectivity index (χ3n) is 2.73. The summed E-state index contributed by atoms with van der Waals surface area (Å²) in [5.41, 5.74) is 9.75. The van der Waals surface area contributed by atoms with Crippen molar-refractivity contribution in [3.63, 3.8) is 0 Å². The molecule has 0 bridgehead atoms. The first-order chi connectivity index (χ1) is 8.60. The van der Waals surface area contributed by atoms with Gasteiger partial charge < -0.3 is 11.1 Å². The molecule has 2 aromatic carbocycles. The van der Waals surface area contributed by atoms with Crippen LogP contribution in [0.4, 0.5) is 17.1 Å². The molecule has 0 radical (unpaired) electrons. The van der Waals surface area contributed by atoms with Crippen LogP contribution in [0.25, 0.3) is 0 Å². The average Bonchev–Trinajstić information content (AvgIpc) is 2.34. The monoisotopic (exact) mass is 324 g/mol. The molecule has 2 aromatic rings. The van der Waals surface area contributed by atoms with Gasteiger partial charge in [-0.1, -0.05) is 34.5 Å². The van der Waals surface area contributed by atoms with E-state index in [0.717, 1.165) is 22.3 Å². The first-order valence-electron chi connectivity index (χ1n) is 5.70. The first-order valence-corrected chi connectivity index (χ1v) is 6.87. The molecule has 2 rings (SSSR count). The lowest BCUT2D eigenvalue weighted by Crippen LogP contribution is -1.99. The zero-order valence-corrected chi connectivity index (χ0v) is 12.3. The van der Waals surface area contributed by atoms with Crippen LogP contribution in [0.15, 0.2) is 40.9 Å². The Morgan fingerprint density at radius 2 is 1.89 bits per heavy atom. The summed E-state index contributed by atoms with van der Waals surface area (Å²) in [6.45, 7) is 2.12.